The molecule has 1 aliphatic rings. The third-order valence-corrected chi connectivity index (χ3v) is 4.88. The second-order valence-corrected chi connectivity index (χ2v) is 6.47. The quantitative estimate of drug-likeness (QED) is 0.741. The SMILES string of the molecule is Cc1ccccc1[C@@H]1C[C@H](c2ccccc2Cl)Nc2nc(N)nn21. The van der Waals surface area contributed by atoms with Gasteiger partial charge in [0.15, 0.2) is 0 Å². The first-order valence-electron chi connectivity index (χ1n) is 7.92. The molecule has 24 heavy (non-hydrogen) atoms. The Bertz CT molecular complexity index is 889. The number of nitrogens with zero attached hydrogens (tertiary/aromatic N) is 3. The summed E-state index contributed by atoms with van der Waals surface area (Å²) in [6.45, 7) is 2.11. The average Bonchev–Trinajstić information content (AvgIpc) is 2.95. The summed E-state index contributed by atoms with van der Waals surface area (Å²) in [5.74, 6) is 0.952. The third-order valence-electron chi connectivity index (χ3n) is 4.53. The van der Waals surface area contributed by atoms with E-state index in [2.05, 4.69) is 40.5 Å². The lowest BCUT2D eigenvalue weighted by atomic mass is 9.91. The Kier molecular flexibility index (Phi) is 3.65. The number of anilines is 2. The number of nitrogens with one attached hydrogen (secondary N) is 1. The molecule has 6 heteroatoms. The van der Waals surface area contributed by atoms with Crippen LogP contribution in [0.5, 0.6) is 0 Å². The molecule has 3 N–H and O–H groups in total. The van der Waals surface area contributed by atoms with Crippen molar-refractivity contribution >= 4 is 23.5 Å². The molecule has 5 nitrogen and oxygen atoms in total. The summed E-state index contributed by atoms with van der Waals surface area (Å²) in [4.78, 5) is 4.34. The van der Waals surface area contributed by atoms with Crippen LogP contribution in [0.3, 0.4) is 0 Å². The molecule has 122 valence electrons. The van der Waals surface area contributed by atoms with Crippen LogP contribution in [0.1, 0.15) is 35.2 Å². The molecule has 4 rings (SSSR count). The molecule has 0 amide bonds. The number of hydrogen-bond acceptors (Lipinski definition) is 4. The van der Waals surface area contributed by atoms with E-state index in [9.17, 15) is 0 Å². The smallest absolute Gasteiger partial charge is 0.241 e. The van der Waals surface area contributed by atoms with E-state index in [0.29, 0.717) is 5.95 Å². The molecule has 2 heterocycles. The van der Waals surface area contributed by atoms with Crippen LogP contribution in [0, 0.1) is 6.92 Å². The van der Waals surface area contributed by atoms with Crippen LogP contribution < -0.4 is 11.1 Å². The van der Waals surface area contributed by atoms with Crippen LogP contribution in [-0.4, -0.2) is 14.8 Å². The highest BCUT2D eigenvalue weighted by Gasteiger charge is 2.32. The van der Waals surface area contributed by atoms with Crippen LogP contribution >= 0.6 is 11.6 Å². The van der Waals surface area contributed by atoms with Crippen molar-refractivity contribution in [3.8, 4) is 0 Å². The molecule has 1 aliphatic heterocycles. The van der Waals surface area contributed by atoms with E-state index in [1.807, 2.05) is 35.0 Å². The zero-order valence-electron chi connectivity index (χ0n) is 13.3. The van der Waals surface area contributed by atoms with Gasteiger partial charge in [-0.3, -0.25) is 0 Å². The minimum absolute atomic E-state index is 0.0550. The minimum atomic E-state index is 0.0550. The average molecular weight is 340 g/mol. The van der Waals surface area contributed by atoms with E-state index in [4.69, 9.17) is 17.3 Å². The van der Waals surface area contributed by atoms with E-state index >= 15 is 0 Å². The Hall–Kier alpha value is -2.53. The molecule has 0 spiro atoms. The third kappa shape index (κ3) is 2.51. The molecule has 2 aromatic carbocycles. The molecular formula is C18H18ClN5. The fourth-order valence-electron chi connectivity index (χ4n) is 3.38. The lowest BCUT2D eigenvalue weighted by Gasteiger charge is -2.32. The van der Waals surface area contributed by atoms with Crippen molar-refractivity contribution in [1.82, 2.24) is 14.8 Å². The van der Waals surface area contributed by atoms with Crippen molar-refractivity contribution < 1.29 is 0 Å². The standard InChI is InChI=1S/C18H18ClN5/c1-11-6-2-3-7-12(11)16-10-15(13-8-4-5-9-14(13)19)21-18-22-17(20)23-24(16)18/h2-9,15-16H,10H2,1H3,(H3,20,21,22,23)/t15-,16+/m1/s1. The summed E-state index contributed by atoms with van der Waals surface area (Å²) < 4.78 is 1.88. The highest BCUT2D eigenvalue weighted by atomic mass is 35.5. The second kappa shape index (κ2) is 5.83. The summed E-state index contributed by atoms with van der Waals surface area (Å²) in [7, 11) is 0. The van der Waals surface area contributed by atoms with Gasteiger partial charge in [-0.05, 0) is 36.1 Å². The van der Waals surface area contributed by atoms with E-state index in [1.165, 1.54) is 11.1 Å². The zero-order chi connectivity index (χ0) is 16.7. The summed E-state index contributed by atoms with van der Waals surface area (Å²) in [5, 5.41) is 8.56. The predicted molar refractivity (Wildman–Crippen MR) is 96.2 cm³/mol. The van der Waals surface area contributed by atoms with Crippen LogP contribution in [0.25, 0.3) is 0 Å². The Balaban J connectivity index is 1.81. The Morgan fingerprint density at radius 3 is 2.58 bits per heavy atom. The lowest BCUT2D eigenvalue weighted by molar-refractivity contribution is 0.430. The van der Waals surface area contributed by atoms with Gasteiger partial charge in [0, 0.05) is 5.02 Å². The van der Waals surface area contributed by atoms with Gasteiger partial charge in [-0.15, -0.1) is 5.10 Å². The molecule has 3 aromatic rings. The highest BCUT2D eigenvalue weighted by Crippen LogP contribution is 2.40. The van der Waals surface area contributed by atoms with E-state index in [-0.39, 0.29) is 18.0 Å². The van der Waals surface area contributed by atoms with Crippen molar-refractivity contribution in [3.05, 3.63) is 70.2 Å². The number of nitrogens with two attached hydrogens (primary N) is 1. The van der Waals surface area contributed by atoms with Gasteiger partial charge in [-0.1, -0.05) is 54.1 Å². The van der Waals surface area contributed by atoms with Gasteiger partial charge in [-0.2, -0.15) is 4.98 Å². The molecule has 1 aromatic heterocycles. The van der Waals surface area contributed by atoms with Gasteiger partial charge < -0.3 is 11.1 Å². The normalized spacial score (nSPS) is 19.6. The number of fused-ring (bicyclic) bond motifs is 1. The summed E-state index contributed by atoms with van der Waals surface area (Å²) in [6.07, 6.45) is 0.824. The molecule has 0 aliphatic carbocycles. The summed E-state index contributed by atoms with van der Waals surface area (Å²) >= 11 is 6.41. The maximum absolute atomic E-state index is 6.41. The summed E-state index contributed by atoms with van der Waals surface area (Å²) in [6, 6.07) is 16.4. The van der Waals surface area contributed by atoms with Crippen LogP contribution in [0.15, 0.2) is 48.5 Å². The second-order valence-electron chi connectivity index (χ2n) is 6.06. The van der Waals surface area contributed by atoms with Crippen molar-refractivity contribution in [2.75, 3.05) is 11.1 Å². The van der Waals surface area contributed by atoms with E-state index < -0.39 is 0 Å². The predicted octanol–water partition coefficient (Wildman–Crippen LogP) is 3.97. The van der Waals surface area contributed by atoms with Crippen molar-refractivity contribution in [1.29, 1.82) is 0 Å². The number of halogens is 1. The van der Waals surface area contributed by atoms with Gasteiger partial charge >= 0.3 is 0 Å². The molecule has 0 unspecified atom stereocenters. The molecular weight excluding hydrogens is 322 g/mol. The van der Waals surface area contributed by atoms with Gasteiger partial charge in [0.05, 0.1) is 12.1 Å². The number of aromatic nitrogens is 3. The van der Waals surface area contributed by atoms with Crippen molar-refractivity contribution in [3.63, 3.8) is 0 Å². The summed E-state index contributed by atoms with van der Waals surface area (Å²) in [5.41, 5.74) is 9.35. The number of rotatable bonds is 2. The highest BCUT2D eigenvalue weighted by molar-refractivity contribution is 6.31. The molecule has 0 saturated heterocycles. The van der Waals surface area contributed by atoms with Crippen molar-refractivity contribution in [2.45, 2.75) is 25.4 Å². The van der Waals surface area contributed by atoms with E-state index in [1.54, 1.807) is 0 Å². The first-order chi connectivity index (χ1) is 11.6. The Labute approximate surface area is 145 Å². The fraction of sp³-hybridized carbons (Fsp3) is 0.222. The van der Waals surface area contributed by atoms with E-state index in [0.717, 1.165) is 17.0 Å². The van der Waals surface area contributed by atoms with Crippen LogP contribution in [0.2, 0.25) is 5.02 Å². The van der Waals surface area contributed by atoms with Gasteiger partial charge in [0.1, 0.15) is 0 Å². The van der Waals surface area contributed by atoms with Gasteiger partial charge in [-0.25, -0.2) is 4.68 Å². The molecule has 0 fully saturated rings. The topological polar surface area (TPSA) is 68.8 Å². The lowest BCUT2D eigenvalue weighted by Crippen LogP contribution is -2.28. The maximum atomic E-state index is 6.41. The monoisotopic (exact) mass is 339 g/mol. The maximum Gasteiger partial charge on any atom is 0.241 e. The molecule has 0 radical (unpaired) electrons. The Morgan fingerprint density at radius 1 is 1.12 bits per heavy atom. The zero-order valence-corrected chi connectivity index (χ0v) is 14.0. The van der Waals surface area contributed by atoms with Gasteiger partial charge in [0.2, 0.25) is 11.9 Å². The number of benzene rings is 2. The van der Waals surface area contributed by atoms with Crippen molar-refractivity contribution in [2.24, 2.45) is 0 Å². The largest absolute Gasteiger partial charge is 0.366 e. The molecule has 0 saturated carbocycles. The minimum Gasteiger partial charge on any atom is -0.366 e. The molecule has 0 bridgehead atoms. The van der Waals surface area contributed by atoms with Crippen LogP contribution in [0.4, 0.5) is 11.9 Å². The Morgan fingerprint density at radius 2 is 1.83 bits per heavy atom. The number of aryl methyl sites for hydroxylation is 1. The van der Waals surface area contributed by atoms with Crippen LogP contribution in [-0.2, 0) is 0 Å². The first-order valence-corrected chi connectivity index (χ1v) is 8.30. The first kappa shape index (κ1) is 15.0. The molecule has 2 atom stereocenters. The fourth-order valence-corrected chi connectivity index (χ4v) is 3.64. The number of nitrogen functional groups attached to an aromatic ring is 1. The number of hydrogen-bond donors (Lipinski definition) is 2. The van der Waals surface area contributed by atoms with Gasteiger partial charge in [0.25, 0.3) is 0 Å².